The molecule has 0 saturated carbocycles. The SMILES string of the molecule is CSC[C@@](C)(O)CNC(=O)COc1ccc2ccccc2c1. The molecule has 5 heteroatoms. The van der Waals surface area contributed by atoms with Gasteiger partial charge in [0.15, 0.2) is 6.61 Å². The molecule has 0 radical (unpaired) electrons. The quantitative estimate of drug-likeness (QED) is 0.823. The highest BCUT2D eigenvalue weighted by Gasteiger charge is 2.20. The lowest BCUT2D eigenvalue weighted by molar-refractivity contribution is -0.124. The fourth-order valence-corrected chi connectivity index (χ4v) is 2.83. The van der Waals surface area contributed by atoms with Gasteiger partial charge in [0, 0.05) is 12.3 Å². The third-order valence-corrected chi connectivity index (χ3v) is 4.12. The molecule has 1 atom stereocenters. The molecule has 0 aliphatic heterocycles. The van der Waals surface area contributed by atoms with Crippen LogP contribution in [-0.2, 0) is 4.79 Å². The number of hydrogen-bond donors (Lipinski definition) is 2. The summed E-state index contributed by atoms with van der Waals surface area (Å²) in [6.07, 6.45) is 1.92. The Morgan fingerprint density at radius 2 is 2.00 bits per heavy atom. The van der Waals surface area contributed by atoms with E-state index in [0.29, 0.717) is 11.5 Å². The molecule has 4 nitrogen and oxygen atoms in total. The zero-order valence-corrected chi connectivity index (χ0v) is 13.7. The summed E-state index contributed by atoms with van der Waals surface area (Å²) in [6, 6.07) is 13.7. The molecule has 2 rings (SSSR count). The van der Waals surface area contributed by atoms with Crippen LogP contribution < -0.4 is 10.1 Å². The average molecular weight is 319 g/mol. The van der Waals surface area contributed by atoms with E-state index in [-0.39, 0.29) is 19.1 Å². The number of nitrogens with one attached hydrogen (secondary N) is 1. The van der Waals surface area contributed by atoms with Crippen LogP contribution in [0.4, 0.5) is 0 Å². The molecule has 0 aromatic heterocycles. The van der Waals surface area contributed by atoms with Crippen molar-refractivity contribution >= 4 is 28.4 Å². The molecule has 22 heavy (non-hydrogen) atoms. The van der Waals surface area contributed by atoms with Gasteiger partial charge >= 0.3 is 0 Å². The Kier molecular flexibility index (Phi) is 5.69. The van der Waals surface area contributed by atoms with Crippen LogP contribution >= 0.6 is 11.8 Å². The molecule has 118 valence electrons. The van der Waals surface area contributed by atoms with Gasteiger partial charge in [0.25, 0.3) is 5.91 Å². The van der Waals surface area contributed by atoms with E-state index in [1.807, 2.05) is 48.7 Å². The van der Waals surface area contributed by atoms with Crippen LogP contribution in [0.15, 0.2) is 42.5 Å². The molecule has 2 N–H and O–H groups in total. The Hall–Kier alpha value is -1.72. The van der Waals surface area contributed by atoms with Crippen LogP contribution in [0.25, 0.3) is 10.8 Å². The van der Waals surface area contributed by atoms with Crippen molar-refractivity contribution in [3.05, 3.63) is 42.5 Å². The summed E-state index contributed by atoms with van der Waals surface area (Å²) in [5.41, 5.74) is -0.905. The zero-order chi connectivity index (χ0) is 16.0. The Bertz CT molecular complexity index is 643. The van der Waals surface area contributed by atoms with E-state index in [4.69, 9.17) is 4.74 Å². The number of amides is 1. The smallest absolute Gasteiger partial charge is 0.258 e. The molecule has 0 aliphatic carbocycles. The van der Waals surface area contributed by atoms with Gasteiger partial charge in [0.1, 0.15) is 5.75 Å². The number of thioether (sulfide) groups is 1. The van der Waals surface area contributed by atoms with Crippen LogP contribution in [0.5, 0.6) is 5.75 Å². The van der Waals surface area contributed by atoms with Gasteiger partial charge in [-0.25, -0.2) is 0 Å². The molecule has 0 bridgehead atoms. The number of carbonyl (C=O) groups is 1. The topological polar surface area (TPSA) is 58.6 Å². The summed E-state index contributed by atoms with van der Waals surface area (Å²) in [5.74, 6) is 0.984. The molecular weight excluding hydrogens is 298 g/mol. The van der Waals surface area contributed by atoms with Gasteiger partial charge in [-0.05, 0) is 36.1 Å². The highest BCUT2D eigenvalue weighted by molar-refractivity contribution is 7.98. The van der Waals surface area contributed by atoms with Crippen molar-refractivity contribution in [2.45, 2.75) is 12.5 Å². The van der Waals surface area contributed by atoms with Crippen molar-refractivity contribution in [1.82, 2.24) is 5.32 Å². The summed E-state index contributed by atoms with van der Waals surface area (Å²) in [7, 11) is 0. The van der Waals surface area contributed by atoms with E-state index in [1.165, 1.54) is 11.8 Å². The van der Waals surface area contributed by atoms with Gasteiger partial charge in [-0.1, -0.05) is 30.3 Å². The molecule has 0 unspecified atom stereocenters. The van der Waals surface area contributed by atoms with E-state index >= 15 is 0 Å². The van der Waals surface area contributed by atoms with Crippen LogP contribution in [0.1, 0.15) is 6.92 Å². The second-order valence-electron chi connectivity index (χ2n) is 5.50. The lowest BCUT2D eigenvalue weighted by Gasteiger charge is -2.22. The van der Waals surface area contributed by atoms with E-state index in [2.05, 4.69) is 5.32 Å². The predicted molar refractivity (Wildman–Crippen MR) is 91.5 cm³/mol. The van der Waals surface area contributed by atoms with Crippen molar-refractivity contribution in [2.75, 3.05) is 25.2 Å². The average Bonchev–Trinajstić information content (AvgIpc) is 2.51. The van der Waals surface area contributed by atoms with Crippen molar-refractivity contribution in [3.8, 4) is 5.75 Å². The van der Waals surface area contributed by atoms with Gasteiger partial charge in [-0.3, -0.25) is 4.79 Å². The Balaban J connectivity index is 1.85. The maximum absolute atomic E-state index is 11.8. The number of rotatable bonds is 7. The van der Waals surface area contributed by atoms with Crippen molar-refractivity contribution in [3.63, 3.8) is 0 Å². The standard InChI is InChI=1S/C17H21NO3S/c1-17(20,12-22-2)11-18-16(19)10-21-15-8-7-13-5-3-4-6-14(13)9-15/h3-9,20H,10-12H2,1-2H3,(H,18,19)/t17-/m0/s1. The number of fused-ring (bicyclic) bond motifs is 1. The first kappa shape index (κ1) is 16.6. The minimum Gasteiger partial charge on any atom is -0.484 e. The molecule has 0 heterocycles. The van der Waals surface area contributed by atoms with Gasteiger partial charge in [-0.15, -0.1) is 0 Å². The normalized spacial score (nSPS) is 13.6. The minimum atomic E-state index is -0.905. The molecule has 0 spiro atoms. The van der Waals surface area contributed by atoms with Crippen LogP contribution in [0.3, 0.4) is 0 Å². The summed E-state index contributed by atoms with van der Waals surface area (Å²) < 4.78 is 5.50. The van der Waals surface area contributed by atoms with E-state index < -0.39 is 5.60 Å². The van der Waals surface area contributed by atoms with Crippen molar-refractivity contribution < 1.29 is 14.6 Å². The van der Waals surface area contributed by atoms with E-state index in [9.17, 15) is 9.90 Å². The third-order valence-electron chi connectivity index (χ3n) is 3.21. The molecule has 2 aromatic rings. The third kappa shape index (κ3) is 4.93. The Morgan fingerprint density at radius 3 is 2.73 bits per heavy atom. The molecule has 0 fully saturated rings. The lowest BCUT2D eigenvalue weighted by Crippen LogP contribution is -2.43. The maximum Gasteiger partial charge on any atom is 0.258 e. The molecule has 0 aliphatic rings. The first-order valence-electron chi connectivity index (χ1n) is 7.10. The number of ether oxygens (including phenoxy) is 1. The summed E-state index contributed by atoms with van der Waals surface area (Å²) in [6.45, 7) is 1.86. The zero-order valence-electron chi connectivity index (χ0n) is 12.8. The minimum absolute atomic E-state index is 0.0618. The summed E-state index contributed by atoms with van der Waals surface area (Å²) in [4.78, 5) is 11.8. The van der Waals surface area contributed by atoms with Crippen LogP contribution in [0, 0.1) is 0 Å². The van der Waals surface area contributed by atoms with Gasteiger partial charge in [-0.2, -0.15) is 11.8 Å². The highest BCUT2D eigenvalue weighted by atomic mass is 32.2. The van der Waals surface area contributed by atoms with Crippen molar-refractivity contribution in [1.29, 1.82) is 0 Å². The first-order chi connectivity index (χ1) is 10.5. The van der Waals surface area contributed by atoms with E-state index in [1.54, 1.807) is 6.92 Å². The van der Waals surface area contributed by atoms with Crippen molar-refractivity contribution in [2.24, 2.45) is 0 Å². The molecule has 0 saturated heterocycles. The number of hydrogen-bond acceptors (Lipinski definition) is 4. The predicted octanol–water partition coefficient (Wildman–Crippen LogP) is 2.45. The Morgan fingerprint density at radius 1 is 1.27 bits per heavy atom. The number of carbonyl (C=O) groups excluding carboxylic acids is 1. The first-order valence-corrected chi connectivity index (χ1v) is 8.49. The summed E-state index contributed by atoms with van der Waals surface area (Å²) >= 11 is 1.54. The molecule has 2 aromatic carbocycles. The second-order valence-corrected chi connectivity index (χ2v) is 6.37. The maximum atomic E-state index is 11.8. The van der Waals surface area contributed by atoms with Crippen LogP contribution in [0.2, 0.25) is 0 Å². The molecular formula is C17H21NO3S. The number of aliphatic hydroxyl groups is 1. The fourth-order valence-electron chi connectivity index (χ4n) is 2.11. The van der Waals surface area contributed by atoms with Crippen LogP contribution in [-0.4, -0.2) is 41.8 Å². The second kappa shape index (κ2) is 7.51. The Labute approximate surface area is 134 Å². The molecule has 1 amide bonds. The largest absolute Gasteiger partial charge is 0.484 e. The van der Waals surface area contributed by atoms with E-state index in [0.717, 1.165) is 10.8 Å². The fraction of sp³-hybridized carbons (Fsp3) is 0.353. The lowest BCUT2D eigenvalue weighted by atomic mass is 10.1. The summed E-state index contributed by atoms with van der Waals surface area (Å²) in [5, 5.41) is 14.9. The highest BCUT2D eigenvalue weighted by Crippen LogP contribution is 2.20. The van der Waals surface area contributed by atoms with Gasteiger partial charge in [0.05, 0.1) is 5.60 Å². The number of benzene rings is 2. The van der Waals surface area contributed by atoms with Gasteiger partial charge in [0.2, 0.25) is 0 Å². The monoisotopic (exact) mass is 319 g/mol. The van der Waals surface area contributed by atoms with Gasteiger partial charge < -0.3 is 15.2 Å².